The molecule has 188 valence electrons. The molecule has 0 aliphatic carbocycles. The lowest BCUT2D eigenvalue weighted by Crippen LogP contribution is -2.38. The quantitative estimate of drug-likeness (QED) is 0.176. The Bertz CT molecular complexity index is 780. The van der Waals surface area contributed by atoms with E-state index in [1.54, 1.807) is 7.11 Å². The summed E-state index contributed by atoms with van der Waals surface area (Å²) >= 11 is 0. The van der Waals surface area contributed by atoms with Gasteiger partial charge in [-0.15, -0.1) is 0 Å². The van der Waals surface area contributed by atoms with Crippen molar-refractivity contribution in [2.75, 3.05) is 31.8 Å². The lowest BCUT2D eigenvalue weighted by Gasteiger charge is -2.32. The Kier molecular flexibility index (Phi) is 15.8. The Morgan fingerprint density at radius 3 is 2.06 bits per heavy atom. The molecule has 0 heterocycles. The number of methoxy groups -OCH3 is 1. The van der Waals surface area contributed by atoms with Crippen LogP contribution in [0.15, 0.2) is 48.5 Å². The van der Waals surface area contributed by atoms with Crippen LogP contribution in [0, 0.1) is 10.8 Å². The van der Waals surface area contributed by atoms with E-state index in [1.165, 1.54) is 50.6 Å². The number of anilines is 1. The smallest absolute Gasteiger partial charge is 0.121 e. The minimum atomic E-state index is 0.249. The van der Waals surface area contributed by atoms with Crippen LogP contribution in [0.4, 0.5) is 5.69 Å². The van der Waals surface area contributed by atoms with Crippen LogP contribution in [-0.4, -0.2) is 32.9 Å². The molecule has 2 aromatic rings. The number of hydrogen-bond acceptors (Lipinski definition) is 6. The Morgan fingerprint density at radius 2 is 1.41 bits per heavy atom. The van der Waals surface area contributed by atoms with E-state index in [0.29, 0.717) is 6.61 Å². The summed E-state index contributed by atoms with van der Waals surface area (Å²) < 4.78 is 17.4. The first-order valence-corrected chi connectivity index (χ1v) is 12.6. The number of unbranched alkanes of at least 4 members (excludes halogenated alkanes) is 6. The van der Waals surface area contributed by atoms with Crippen molar-refractivity contribution in [2.45, 2.75) is 78.2 Å². The van der Waals surface area contributed by atoms with Crippen molar-refractivity contribution in [1.29, 1.82) is 10.8 Å². The van der Waals surface area contributed by atoms with Crippen LogP contribution in [0.25, 0.3) is 0 Å². The number of ether oxygens (including phenoxy) is 3. The highest BCUT2D eigenvalue weighted by Gasteiger charge is 2.16. The van der Waals surface area contributed by atoms with Crippen molar-refractivity contribution >= 4 is 5.69 Å². The molecule has 0 spiro atoms. The second kappa shape index (κ2) is 18.5. The third-order valence-electron chi connectivity index (χ3n) is 5.75. The molecule has 0 N–H and O–H groups in total. The van der Waals surface area contributed by atoms with Crippen molar-refractivity contribution in [3.05, 3.63) is 48.5 Å². The molecule has 6 heteroatoms. The van der Waals surface area contributed by atoms with Gasteiger partial charge in [0.1, 0.15) is 23.9 Å². The lowest BCUT2D eigenvalue weighted by molar-refractivity contribution is 0.287. The van der Waals surface area contributed by atoms with Crippen LogP contribution >= 0.6 is 0 Å². The Morgan fingerprint density at radius 1 is 0.765 bits per heavy atom. The van der Waals surface area contributed by atoms with Gasteiger partial charge in [-0.2, -0.15) is 0 Å². The number of benzene rings is 2. The van der Waals surface area contributed by atoms with E-state index in [0.717, 1.165) is 36.8 Å². The van der Waals surface area contributed by atoms with Crippen LogP contribution in [0.2, 0.25) is 0 Å². The number of rotatable bonds is 17. The molecule has 0 aliphatic rings. The van der Waals surface area contributed by atoms with Gasteiger partial charge in [-0.25, -0.2) is 0 Å². The van der Waals surface area contributed by atoms with Crippen molar-refractivity contribution < 1.29 is 14.2 Å². The molecule has 6 nitrogen and oxygen atoms in total. The first-order valence-electron chi connectivity index (χ1n) is 12.6. The zero-order valence-electron chi connectivity index (χ0n) is 21.5. The SMILES string of the molecule is CCCCCCOc1cccc(N(CCCCCC)C(C)COc2ccc(OC)cc2)c1.N#N. The lowest BCUT2D eigenvalue weighted by atomic mass is 10.1. The Hall–Kier alpha value is -2.94. The molecule has 0 aliphatic heterocycles. The molecule has 0 fully saturated rings. The average Bonchev–Trinajstić information content (AvgIpc) is 2.89. The molecule has 0 saturated heterocycles. The van der Waals surface area contributed by atoms with Crippen LogP contribution in [0.5, 0.6) is 17.2 Å². The maximum Gasteiger partial charge on any atom is 0.121 e. The van der Waals surface area contributed by atoms with E-state index >= 15 is 0 Å². The largest absolute Gasteiger partial charge is 0.497 e. The topological polar surface area (TPSA) is 78.5 Å². The molecule has 0 aromatic heterocycles. The molecule has 34 heavy (non-hydrogen) atoms. The fourth-order valence-electron chi connectivity index (χ4n) is 3.76. The second-order valence-electron chi connectivity index (χ2n) is 8.50. The average molecular weight is 470 g/mol. The molecule has 2 aromatic carbocycles. The molecular weight excluding hydrogens is 426 g/mol. The highest BCUT2D eigenvalue weighted by molar-refractivity contribution is 5.51. The van der Waals surface area contributed by atoms with E-state index in [1.807, 2.05) is 24.3 Å². The molecule has 0 saturated carbocycles. The van der Waals surface area contributed by atoms with E-state index in [4.69, 9.17) is 25.0 Å². The Balaban J connectivity index is 0.00000281. The molecule has 0 bridgehead atoms. The van der Waals surface area contributed by atoms with Crippen LogP contribution in [-0.2, 0) is 0 Å². The van der Waals surface area contributed by atoms with Crippen LogP contribution in [0.3, 0.4) is 0 Å². The summed E-state index contributed by atoms with van der Waals surface area (Å²) in [6.45, 7) is 9.16. The van der Waals surface area contributed by atoms with E-state index < -0.39 is 0 Å². The summed E-state index contributed by atoms with van der Waals surface area (Å²) in [5.74, 6) is 2.67. The van der Waals surface area contributed by atoms with Gasteiger partial charge >= 0.3 is 0 Å². The van der Waals surface area contributed by atoms with E-state index in [9.17, 15) is 0 Å². The highest BCUT2D eigenvalue weighted by Crippen LogP contribution is 2.25. The molecule has 1 unspecified atom stereocenters. The number of nitrogens with zero attached hydrogens (tertiary/aromatic N) is 3. The molecule has 0 radical (unpaired) electrons. The minimum absolute atomic E-state index is 0.249. The summed E-state index contributed by atoms with van der Waals surface area (Å²) in [6.07, 6.45) is 9.85. The second-order valence-corrected chi connectivity index (χ2v) is 8.50. The van der Waals surface area contributed by atoms with Crippen molar-refractivity contribution in [1.82, 2.24) is 0 Å². The predicted octanol–water partition coefficient (Wildman–Crippen LogP) is 7.54. The maximum atomic E-state index is 6.10. The predicted molar refractivity (Wildman–Crippen MR) is 139 cm³/mol. The minimum Gasteiger partial charge on any atom is -0.497 e. The monoisotopic (exact) mass is 469 g/mol. The highest BCUT2D eigenvalue weighted by atomic mass is 16.5. The van der Waals surface area contributed by atoms with Gasteiger partial charge in [-0.1, -0.05) is 58.4 Å². The third-order valence-corrected chi connectivity index (χ3v) is 5.75. The maximum absolute atomic E-state index is 6.10. The first kappa shape index (κ1) is 29.1. The van der Waals surface area contributed by atoms with E-state index in [2.05, 4.69) is 49.9 Å². The zero-order valence-corrected chi connectivity index (χ0v) is 21.5. The van der Waals surface area contributed by atoms with Gasteiger partial charge in [0.05, 0.1) is 19.8 Å². The summed E-state index contributed by atoms with van der Waals surface area (Å²) in [6, 6.07) is 16.6. The van der Waals surface area contributed by atoms with Crippen molar-refractivity contribution in [3.8, 4) is 17.2 Å². The summed E-state index contributed by atoms with van der Waals surface area (Å²) in [5, 5.41) is 12.0. The van der Waals surface area contributed by atoms with Gasteiger partial charge in [0, 0.05) is 29.1 Å². The summed E-state index contributed by atoms with van der Waals surface area (Å²) in [5.41, 5.74) is 1.21. The zero-order chi connectivity index (χ0) is 25.0. The molecule has 0 amide bonds. The van der Waals surface area contributed by atoms with Gasteiger partial charge < -0.3 is 19.1 Å². The van der Waals surface area contributed by atoms with Gasteiger partial charge in [-0.05, 0) is 56.2 Å². The fraction of sp³-hybridized carbons (Fsp3) is 0.571. The molecular formula is C28H43N3O3. The Labute approximate surface area is 206 Å². The normalized spacial score (nSPS) is 11.1. The number of hydrogen-bond donors (Lipinski definition) is 0. The van der Waals surface area contributed by atoms with Gasteiger partial charge in [0.2, 0.25) is 0 Å². The van der Waals surface area contributed by atoms with Gasteiger partial charge in [0.25, 0.3) is 0 Å². The summed E-state index contributed by atoms with van der Waals surface area (Å²) in [7, 11) is 1.68. The van der Waals surface area contributed by atoms with Crippen LogP contribution < -0.4 is 19.1 Å². The first-order chi connectivity index (χ1) is 16.7. The van der Waals surface area contributed by atoms with Crippen molar-refractivity contribution in [3.63, 3.8) is 0 Å². The van der Waals surface area contributed by atoms with Crippen LogP contribution in [0.1, 0.15) is 72.1 Å². The fourth-order valence-corrected chi connectivity index (χ4v) is 3.76. The summed E-state index contributed by atoms with van der Waals surface area (Å²) in [4.78, 5) is 2.46. The van der Waals surface area contributed by atoms with Gasteiger partial charge in [0.15, 0.2) is 0 Å². The third kappa shape index (κ3) is 11.3. The van der Waals surface area contributed by atoms with E-state index in [-0.39, 0.29) is 6.04 Å². The molecule has 1 atom stereocenters. The molecule has 2 rings (SSSR count). The standard InChI is InChI=1S/C28H43NO3.N2/c1-5-7-9-11-20-29(24(3)23-32-27-18-16-26(30-4)17-19-27)25-14-13-15-28(22-25)31-21-12-10-8-6-2;1-2/h13-19,22,24H,5-12,20-21,23H2,1-4H3;. The van der Waals surface area contributed by atoms with Gasteiger partial charge in [-0.3, -0.25) is 0 Å². The van der Waals surface area contributed by atoms with Crippen molar-refractivity contribution in [2.24, 2.45) is 0 Å².